The Bertz CT molecular complexity index is 2560. The van der Waals surface area contributed by atoms with Crippen LogP contribution in [0, 0.1) is 0 Å². The highest BCUT2D eigenvalue weighted by molar-refractivity contribution is 5.98. The maximum absolute atomic E-state index is 14.7. The normalized spacial score (nSPS) is 19.9. The highest BCUT2D eigenvalue weighted by Gasteiger charge is 2.35. The summed E-state index contributed by atoms with van der Waals surface area (Å²) in [7, 11) is 0. The van der Waals surface area contributed by atoms with Gasteiger partial charge in [-0.1, -0.05) is 55.0 Å². The number of para-hydroxylation sites is 1. The number of H-pyrrole nitrogens is 2. The van der Waals surface area contributed by atoms with Gasteiger partial charge in [0.1, 0.15) is 30.2 Å². The molecule has 0 aliphatic carbocycles. The number of carbonyl (C=O) groups excluding carboxylic acids is 9. The van der Waals surface area contributed by atoms with Crippen LogP contribution >= 0.6 is 0 Å². The molecule has 3 heterocycles. The first kappa shape index (κ1) is 56.6. The number of hydrogen-bond donors (Lipinski definition) is 12. The van der Waals surface area contributed by atoms with Crippen molar-refractivity contribution >= 4 is 70.0 Å². The lowest BCUT2D eigenvalue weighted by Gasteiger charge is -2.29. The van der Waals surface area contributed by atoms with Gasteiger partial charge in [0.2, 0.25) is 53.2 Å². The van der Waals surface area contributed by atoms with Crippen LogP contribution < -0.4 is 54.4 Å². The van der Waals surface area contributed by atoms with Gasteiger partial charge < -0.3 is 69.3 Å². The van der Waals surface area contributed by atoms with Crippen LogP contribution in [0.1, 0.15) is 81.5 Å². The van der Waals surface area contributed by atoms with Crippen LogP contribution in [-0.2, 0) is 62.4 Å². The fourth-order valence-electron chi connectivity index (χ4n) is 8.38. The molecular weight excluding hydrogens is 955 g/mol. The van der Waals surface area contributed by atoms with Gasteiger partial charge >= 0.3 is 0 Å². The third kappa shape index (κ3) is 19.0. The summed E-state index contributed by atoms with van der Waals surface area (Å²) in [6.07, 6.45) is 6.05. The molecule has 5 rings (SSSR count). The van der Waals surface area contributed by atoms with E-state index >= 15 is 0 Å². The molecule has 15 N–H and O–H groups in total. The number of unbranched alkanes of at least 4 members (excludes halogenated alkanes) is 2. The molecule has 0 spiro atoms. The third-order valence-corrected chi connectivity index (χ3v) is 12.2. The number of hydrogen-bond acceptors (Lipinski definition) is 11. The SMILES string of the molecule is CC(=O)NCCCCCC(=O)N[C@H]1CC(=O)NCCCCN(CC(N)=O)C(=O)[C@H](Cc2c[nH]c3ccccc23)NC(=O)[C@H](CCCN=C(N)N)NC(=O)[C@@H](Cc2ccccc2)NC(=O)[C@H](Cc2cnc[nH]2)NC1=O. The highest BCUT2D eigenvalue weighted by atomic mass is 16.2. The van der Waals surface area contributed by atoms with Crippen molar-refractivity contribution < 1.29 is 43.2 Å². The average molecular weight is 1020 g/mol. The van der Waals surface area contributed by atoms with Gasteiger partial charge in [-0.3, -0.25) is 48.1 Å². The van der Waals surface area contributed by atoms with Crippen molar-refractivity contribution in [1.29, 1.82) is 0 Å². The number of guanidine groups is 1. The van der Waals surface area contributed by atoms with Crippen LogP contribution in [0.4, 0.5) is 0 Å². The Labute approximate surface area is 428 Å². The number of nitrogens with two attached hydrogens (primary N) is 3. The second-order valence-corrected chi connectivity index (χ2v) is 18.1. The second kappa shape index (κ2) is 29.3. The minimum absolute atomic E-state index is 0.00370. The van der Waals surface area contributed by atoms with Crippen molar-refractivity contribution in [3.8, 4) is 0 Å². The van der Waals surface area contributed by atoms with Gasteiger partial charge in [0, 0.05) is 87.8 Å². The van der Waals surface area contributed by atoms with Gasteiger partial charge in [-0.15, -0.1) is 0 Å². The largest absolute Gasteiger partial charge is 0.370 e. The Morgan fingerprint density at radius 1 is 0.757 bits per heavy atom. The Morgan fingerprint density at radius 3 is 2.16 bits per heavy atom. The van der Waals surface area contributed by atoms with E-state index in [1.54, 1.807) is 36.5 Å². The molecular formula is C50H69N15O9. The zero-order chi connectivity index (χ0) is 53.4. The minimum atomic E-state index is -1.46. The summed E-state index contributed by atoms with van der Waals surface area (Å²) in [4.78, 5) is 139. The number of nitrogens with zero attached hydrogens (tertiary/aromatic N) is 3. The van der Waals surface area contributed by atoms with Gasteiger partial charge in [-0.2, -0.15) is 0 Å². The third-order valence-electron chi connectivity index (χ3n) is 12.2. The number of carbonyl (C=O) groups is 9. The van der Waals surface area contributed by atoms with E-state index in [0.29, 0.717) is 42.6 Å². The fraction of sp³-hybridized carbons (Fsp3) is 0.460. The number of amides is 9. The van der Waals surface area contributed by atoms with Crippen LogP contribution in [0.5, 0.6) is 0 Å². The molecule has 2 aromatic carbocycles. The first-order valence-corrected chi connectivity index (χ1v) is 24.8. The standard InChI is InChI=1S/C50H69N15O9/c1-31(66)55-19-9-3-6-18-43(68)60-40-26-44(69)56-20-10-11-22-65(29-42(51)67)49(74)41(24-33-27-58-36-16-8-7-15-35(33)36)64-45(70)37(17-12-21-57-50(52)53)61-46(71)38(23-32-13-4-2-5-14-32)62-47(72)39(63-48(40)73)25-34-28-54-30-59-34/h2,4-5,7-8,13-16,27-28,30,37-41,58H,3,6,9-12,17-26,29H2,1H3,(H2,51,67)(H,54,59)(H,55,66)(H,56,69)(H,60,68)(H,61,71)(H,62,72)(H,63,73)(H,64,70)(H4,52,53,57)/t37-,38+,39-,40-,41-/m0/s1. The molecule has 0 saturated carbocycles. The van der Waals surface area contributed by atoms with E-state index in [2.05, 4.69) is 57.2 Å². The molecule has 4 aromatic rings. The molecule has 0 radical (unpaired) electrons. The summed E-state index contributed by atoms with van der Waals surface area (Å²) in [5.74, 6) is -6.24. The number of fused-ring (bicyclic) bond motifs is 1. The number of rotatable bonds is 19. The van der Waals surface area contributed by atoms with Gasteiger partial charge in [0.15, 0.2) is 5.96 Å². The number of nitrogens with one attached hydrogen (secondary N) is 9. The van der Waals surface area contributed by atoms with Crippen molar-refractivity contribution in [2.24, 2.45) is 22.2 Å². The van der Waals surface area contributed by atoms with Crippen molar-refractivity contribution in [3.05, 3.63) is 90.1 Å². The van der Waals surface area contributed by atoms with Gasteiger partial charge in [0.25, 0.3) is 0 Å². The summed E-state index contributed by atoms with van der Waals surface area (Å²) >= 11 is 0. The van der Waals surface area contributed by atoms with Crippen LogP contribution in [0.2, 0.25) is 0 Å². The summed E-state index contributed by atoms with van der Waals surface area (Å²) in [5.41, 5.74) is 19.3. The van der Waals surface area contributed by atoms with E-state index in [-0.39, 0.29) is 82.9 Å². The van der Waals surface area contributed by atoms with Crippen molar-refractivity contribution in [2.75, 3.05) is 32.7 Å². The number of aromatic nitrogens is 3. The Morgan fingerprint density at radius 2 is 1.45 bits per heavy atom. The Hall–Kier alpha value is -8.31. The molecule has 0 unspecified atom stereocenters. The number of primary amides is 1. The topological polar surface area (TPSA) is 376 Å². The molecule has 9 amide bonds. The molecule has 24 nitrogen and oxygen atoms in total. The van der Waals surface area contributed by atoms with Crippen molar-refractivity contribution in [2.45, 2.75) is 114 Å². The summed E-state index contributed by atoms with van der Waals surface area (Å²) in [6, 6.07) is 9.26. The molecule has 74 heavy (non-hydrogen) atoms. The van der Waals surface area contributed by atoms with Crippen molar-refractivity contribution in [1.82, 2.24) is 57.1 Å². The maximum Gasteiger partial charge on any atom is 0.245 e. The lowest BCUT2D eigenvalue weighted by molar-refractivity contribution is -0.139. The lowest BCUT2D eigenvalue weighted by atomic mass is 10.0. The van der Waals surface area contributed by atoms with Crippen LogP contribution in [0.15, 0.2) is 78.3 Å². The number of benzene rings is 2. The lowest BCUT2D eigenvalue weighted by Crippen LogP contribution is -2.60. The monoisotopic (exact) mass is 1020 g/mol. The van der Waals surface area contributed by atoms with Gasteiger partial charge in [0.05, 0.1) is 19.3 Å². The first-order chi connectivity index (χ1) is 35.6. The second-order valence-electron chi connectivity index (χ2n) is 18.1. The molecule has 0 bridgehead atoms. The average Bonchev–Trinajstić information content (AvgIpc) is 4.04. The summed E-state index contributed by atoms with van der Waals surface area (Å²) in [5, 5.41) is 20.0. The van der Waals surface area contributed by atoms with E-state index in [1.807, 2.05) is 24.3 Å². The molecule has 398 valence electrons. The number of aromatic amines is 2. The van der Waals surface area contributed by atoms with Crippen molar-refractivity contribution in [3.63, 3.8) is 0 Å². The molecule has 1 fully saturated rings. The molecule has 1 aliphatic heterocycles. The predicted octanol–water partition coefficient (Wildman–Crippen LogP) is -1.29. The van der Waals surface area contributed by atoms with E-state index in [4.69, 9.17) is 17.2 Å². The van der Waals surface area contributed by atoms with E-state index in [9.17, 15) is 43.2 Å². The minimum Gasteiger partial charge on any atom is -0.370 e. The fourth-order valence-corrected chi connectivity index (χ4v) is 8.38. The summed E-state index contributed by atoms with van der Waals surface area (Å²) < 4.78 is 0. The zero-order valence-electron chi connectivity index (χ0n) is 41.6. The van der Waals surface area contributed by atoms with E-state index < -0.39 is 90.4 Å². The predicted molar refractivity (Wildman–Crippen MR) is 274 cm³/mol. The Kier molecular flexibility index (Phi) is 22.4. The Balaban J connectivity index is 1.52. The van der Waals surface area contributed by atoms with Gasteiger partial charge in [-0.25, -0.2) is 4.98 Å². The highest BCUT2D eigenvalue weighted by Crippen LogP contribution is 2.20. The van der Waals surface area contributed by atoms with Crippen LogP contribution in [0.25, 0.3) is 10.9 Å². The first-order valence-electron chi connectivity index (χ1n) is 24.8. The summed E-state index contributed by atoms with van der Waals surface area (Å²) in [6.45, 7) is 1.46. The number of aliphatic imine (C=N–C) groups is 1. The van der Waals surface area contributed by atoms with Crippen LogP contribution in [-0.4, -0.2) is 142 Å². The quantitative estimate of drug-likeness (QED) is 0.0297. The molecule has 1 saturated heterocycles. The van der Waals surface area contributed by atoms with Gasteiger partial charge in [-0.05, 0) is 55.7 Å². The maximum atomic E-state index is 14.7. The molecule has 1 aliphatic rings. The molecule has 2 aromatic heterocycles. The van der Waals surface area contributed by atoms with Crippen LogP contribution in [0.3, 0.4) is 0 Å². The van der Waals surface area contributed by atoms with E-state index in [1.165, 1.54) is 24.3 Å². The molecule has 5 atom stereocenters. The molecule has 24 heteroatoms. The van der Waals surface area contributed by atoms with E-state index in [0.717, 1.165) is 10.9 Å². The smallest absolute Gasteiger partial charge is 0.245 e. The zero-order valence-corrected chi connectivity index (χ0v) is 41.6. The number of imidazole rings is 1.